The zero-order valence-electron chi connectivity index (χ0n) is 17.0. The number of carbonyl (C=O) groups excluding carboxylic acids is 2. The van der Waals surface area contributed by atoms with Crippen LogP contribution in [-0.2, 0) is 4.79 Å². The number of halogens is 1. The summed E-state index contributed by atoms with van der Waals surface area (Å²) in [6.45, 7) is 4.13. The van der Waals surface area contributed by atoms with Gasteiger partial charge in [0.25, 0.3) is 0 Å². The van der Waals surface area contributed by atoms with Crippen LogP contribution in [0.1, 0.15) is 12.8 Å². The Morgan fingerprint density at radius 1 is 0.900 bits per heavy atom. The number of rotatable bonds is 3. The number of carbonyl (C=O) groups is 2. The third-order valence-corrected chi connectivity index (χ3v) is 6.08. The molecule has 1 N–H and O–H groups in total. The minimum absolute atomic E-state index is 0.127. The molecule has 2 fully saturated rings. The predicted molar refractivity (Wildman–Crippen MR) is 120 cm³/mol. The number of para-hydroxylation sites is 1. The Hall–Kier alpha value is -2.73. The minimum atomic E-state index is -0.135. The van der Waals surface area contributed by atoms with Crippen molar-refractivity contribution in [2.45, 2.75) is 12.8 Å². The van der Waals surface area contributed by atoms with E-state index >= 15 is 0 Å². The van der Waals surface area contributed by atoms with Crippen molar-refractivity contribution in [2.75, 3.05) is 49.5 Å². The molecule has 3 amide bonds. The molecule has 4 rings (SSSR count). The average molecular weight is 427 g/mol. The number of urea groups is 1. The number of anilines is 2. The molecule has 0 saturated carbocycles. The zero-order chi connectivity index (χ0) is 20.9. The fraction of sp³-hybridized carbons (Fsp3) is 0.391. The van der Waals surface area contributed by atoms with Gasteiger partial charge >= 0.3 is 6.03 Å². The van der Waals surface area contributed by atoms with Crippen LogP contribution in [0.4, 0.5) is 16.2 Å². The first-order valence-electron chi connectivity index (χ1n) is 10.5. The summed E-state index contributed by atoms with van der Waals surface area (Å²) in [6.07, 6.45) is 1.68. The van der Waals surface area contributed by atoms with E-state index < -0.39 is 0 Å². The third kappa shape index (κ3) is 4.87. The molecule has 2 saturated heterocycles. The largest absolute Gasteiger partial charge is 0.368 e. The Balaban J connectivity index is 1.31. The van der Waals surface area contributed by atoms with Gasteiger partial charge in [-0.15, -0.1) is 0 Å². The first kappa shape index (κ1) is 20.5. The number of likely N-dealkylation sites (tertiary alicyclic amines) is 1. The van der Waals surface area contributed by atoms with Crippen molar-refractivity contribution in [1.29, 1.82) is 0 Å². The second-order valence-corrected chi connectivity index (χ2v) is 8.31. The van der Waals surface area contributed by atoms with Crippen molar-refractivity contribution < 1.29 is 9.59 Å². The lowest BCUT2D eigenvalue weighted by atomic mass is 9.96. The van der Waals surface area contributed by atoms with Crippen molar-refractivity contribution in [2.24, 2.45) is 5.92 Å². The van der Waals surface area contributed by atoms with Gasteiger partial charge in [-0.3, -0.25) is 4.79 Å². The molecular weight excluding hydrogens is 400 g/mol. The van der Waals surface area contributed by atoms with Crippen LogP contribution >= 0.6 is 11.6 Å². The summed E-state index contributed by atoms with van der Waals surface area (Å²) < 4.78 is 0. The summed E-state index contributed by atoms with van der Waals surface area (Å²) in [5.41, 5.74) is 1.86. The van der Waals surface area contributed by atoms with Crippen LogP contribution in [0.5, 0.6) is 0 Å². The van der Waals surface area contributed by atoms with E-state index in [1.807, 2.05) is 59.5 Å². The molecule has 0 spiro atoms. The highest BCUT2D eigenvalue weighted by molar-refractivity contribution is 6.30. The smallest absolute Gasteiger partial charge is 0.321 e. The van der Waals surface area contributed by atoms with E-state index in [0.717, 1.165) is 42.3 Å². The van der Waals surface area contributed by atoms with Crippen LogP contribution in [0, 0.1) is 5.92 Å². The number of nitrogens with one attached hydrogen (secondary N) is 1. The molecule has 0 aromatic heterocycles. The molecule has 0 aliphatic carbocycles. The maximum atomic E-state index is 13.1. The summed E-state index contributed by atoms with van der Waals surface area (Å²) in [4.78, 5) is 31.7. The summed E-state index contributed by atoms with van der Waals surface area (Å²) in [6, 6.07) is 17.1. The van der Waals surface area contributed by atoms with E-state index in [1.165, 1.54) is 0 Å². The minimum Gasteiger partial charge on any atom is -0.368 e. The number of benzene rings is 2. The number of hydrogen-bond acceptors (Lipinski definition) is 3. The number of amides is 3. The van der Waals surface area contributed by atoms with Crippen LogP contribution < -0.4 is 10.2 Å². The van der Waals surface area contributed by atoms with Gasteiger partial charge in [0.2, 0.25) is 5.91 Å². The lowest BCUT2D eigenvalue weighted by Crippen LogP contribution is -2.53. The molecule has 2 aliphatic heterocycles. The molecule has 2 heterocycles. The summed E-state index contributed by atoms with van der Waals surface area (Å²) in [5, 5.41) is 3.65. The molecule has 2 aromatic rings. The number of piperazine rings is 1. The summed E-state index contributed by atoms with van der Waals surface area (Å²) in [5.74, 6) is 0.0379. The van der Waals surface area contributed by atoms with Gasteiger partial charge < -0.3 is 20.0 Å². The van der Waals surface area contributed by atoms with E-state index in [2.05, 4.69) is 10.2 Å². The molecule has 2 aromatic carbocycles. The molecule has 6 nitrogen and oxygen atoms in total. The van der Waals surface area contributed by atoms with Crippen LogP contribution in [0.25, 0.3) is 0 Å². The Bertz CT molecular complexity index is 884. The monoisotopic (exact) mass is 426 g/mol. The van der Waals surface area contributed by atoms with Gasteiger partial charge in [-0.1, -0.05) is 35.9 Å². The fourth-order valence-corrected chi connectivity index (χ4v) is 4.39. The molecule has 7 heteroatoms. The summed E-state index contributed by atoms with van der Waals surface area (Å²) in [7, 11) is 0. The van der Waals surface area contributed by atoms with Crippen LogP contribution in [0.15, 0.2) is 54.6 Å². The maximum Gasteiger partial charge on any atom is 0.321 e. The van der Waals surface area contributed by atoms with E-state index in [0.29, 0.717) is 26.2 Å². The quantitative estimate of drug-likeness (QED) is 0.808. The molecule has 30 heavy (non-hydrogen) atoms. The van der Waals surface area contributed by atoms with Crippen LogP contribution in [-0.4, -0.2) is 61.0 Å². The predicted octanol–water partition coefficient (Wildman–Crippen LogP) is 3.93. The Morgan fingerprint density at radius 3 is 2.40 bits per heavy atom. The normalized spacial score (nSPS) is 19.5. The molecular formula is C23H27ClN4O2. The Kier molecular flexibility index (Phi) is 6.43. The Morgan fingerprint density at radius 2 is 1.67 bits per heavy atom. The standard InChI is InChI=1S/C23H27ClN4O2/c24-19-7-4-10-21(16-19)26-12-14-27(15-13-26)22(29)18-6-5-11-28(17-18)23(30)25-20-8-2-1-3-9-20/h1-4,7-10,16,18H,5-6,11-15,17H2,(H,25,30)/t18-/m1/s1. The zero-order valence-corrected chi connectivity index (χ0v) is 17.7. The van der Waals surface area contributed by atoms with Gasteiger partial charge in [-0.2, -0.15) is 0 Å². The van der Waals surface area contributed by atoms with E-state index in [4.69, 9.17) is 11.6 Å². The van der Waals surface area contributed by atoms with Gasteiger partial charge in [-0.25, -0.2) is 4.79 Å². The molecule has 158 valence electrons. The Labute approximate surface area is 182 Å². The van der Waals surface area contributed by atoms with Gasteiger partial charge in [0, 0.05) is 55.7 Å². The third-order valence-electron chi connectivity index (χ3n) is 5.85. The van der Waals surface area contributed by atoms with Crippen LogP contribution in [0.3, 0.4) is 0 Å². The van der Waals surface area contributed by atoms with E-state index in [1.54, 1.807) is 4.90 Å². The van der Waals surface area contributed by atoms with Crippen molar-refractivity contribution in [3.05, 3.63) is 59.6 Å². The summed E-state index contributed by atoms with van der Waals surface area (Å²) >= 11 is 6.11. The SMILES string of the molecule is O=C(Nc1ccccc1)N1CCC[C@@H](C(=O)N2CCN(c3cccc(Cl)c3)CC2)C1. The number of nitrogens with zero attached hydrogens (tertiary/aromatic N) is 3. The highest BCUT2D eigenvalue weighted by Crippen LogP contribution is 2.23. The van der Waals surface area contributed by atoms with Crippen molar-refractivity contribution in [3.8, 4) is 0 Å². The van der Waals surface area contributed by atoms with Crippen LogP contribution in [0.2, 0.25) is 5.02 Å². The van der Waals surface area contributed by atoms with Gasteiger partial charge in [0.15, 0.2) is 0 Å². The lowest BCUT2D eigenvalue weighted by Gasteiger charge is -2.39. The van der Waals surface area contributed by atoms with Crippen molar-refractivity contribution in [3.63, 3.8) is 0 Å². The average Bonchev–Trinajstić information content (AvgIpc) is 2.79. The maximum absolute atomic E-state index is 13.1. The second kappa shape index (κ2) is 9.39. The highest BCUT2D eigenvalue weighted by Gasteiger charge is 2.32. The fourth-order valence-electron chi connectivity index (χ4n) is 4.20. The second-order valence-electron chi connectivity index (χ2n) is 7.87. The first-order chi connectivity index (χ1) is 14.6. The van der Waals surface area contributed by atoms with Crippen molar-refractivity contribution in [1.82, 2.24) is 9.80 Å². The van der Waals surface area contributed by atoms with Gasteiger partial charge in [0.05, 0.1) is 5.92 Å². The molecule has 1 atom stereocenters. The molecule has 0 bridgehead atoms. The van der Waals surface area contributed by atoms with Gasteiger partial charge in [0.1, 0.15) is 0 Å². The molecule has 0 radical (unpaired) electrons. The number of hydrogen-bond donors (Lipinski definition) is 1. The molecule has 2 aliphatic rings. The van der Waals surface area contributed by atoms with E-state index in [-0.39, 0.29) is 17.9 Å². The first-order valence-corrected chi connectivity index (χ1v) is 10.9. The van der Waals surface area contributed by atoms with Gasteiger partial charge in [-0.05, 0) is 43.2 Å². The van der Waals surface area contributed by atoms with E-state index in [9.17, 15) is 9.59 Å². The molecule has 0 unspecified atom stereocenters. The highest BCUT2D eigenvalue weighted by atomic mass is 35.5. The van der Waals surface area contributed by atoms with Crippen molar-refractivity contribution >= 4 is 34.9 Å². The topological polar surface area (TPSA) is 55.9 Å². The number of piperidine rings is 1. The lowest BCUT2D eigenvalue weighted by molar-refractivity contribution is -0.137.